The lowest BCUT2D eigenvalue weighted by molar-refractivity contribution is -0.139. The van der Waals surface area contributed by atoms with Gasteiger partial charge in [0.25, 0.3) is 0 Å². The molecule has 118 valence electrons. The molecular weight excluding hydrogens is 250 g/mol. The number of nitrogens with two attached hydrogens (primary N) is 1. The summed E-state index contributed by atoms with van der Waals surface area (Å²) in [7, 11) is 4.10. The van der Waals surface area contributed by atoms with Gasteiger partial charge in [-0.15, -0.1) is 0 Å². The minimum Gasteiger partial charge on any atom is -0.341 e. The smallest absolute Gasteiger partial charge is 0.227 e. The second-order valence-corrected chi connectivity index (χ2v) is 7.08. The van der Waals surface area contributed by atoms with E-state index in [1.165, 1.54) is 0 Å². The Kier molecular flexibility index (Phi) is 6.96. The van der Waals surface area contributed by atoms with Crippen molar-refractivity contribution in [1.29, 1.82) is 0 Å². The summed E-state index contributed by atoms with van der Waals surface area (Å²) in [5, 5.41) is 0. The van der Waals surface area contributed by atoms with Gasteiger partial charge in [0.15, 0.2) is 0 Å². The van der Waals surface area contributed by atoms with E-state index in [0.29, 0.717) is 11.8 Å². The van der Waals surface area contributed by atoms with Gasteiger partial charge in [-0.3, -0.25) is 4.79 Å². The maximum Gasteiger partial charge on any atom is 0.227 e. The molecule has 0 spiro atoms. The fourth-order valence-electron chi connectivity index (χ4n) is 3.15. The summed E-state index contributed by atoms with van der Waals surface area (Å²) < 4.78 is 0. The zero-order valence-electron chi connectivity index (χ0n) is 13.9. The van der Waals surface area contributed by atoms with Gasteiger partial charge in [-0.2, -0.15) is 0 Å². The van der Waals surface area contributed by atoms with Crippen LogP contribution in [0.15, 0.2) is 0 Å². The SMILES string of the molecule is CC(C)CN(CCN(C)C)C(=O)C1C(C)CCCC1N. The fourth-order valence-corrected chi connectivity index (χ4v) is 3.15. The molecule has 0 aromatic heterocycles. The van der Waals surface area contributed by atoms with Crippen molar-refractivity contribution in [3.05, 3.63) is 0 Å². The first kappa shape index (κ1) is 17.4. The number of likely N-dealkylation sites (N-methyl/N-ethyl adjacent to an activating group) is 1. The summed E-state index contributed by atoms with van der Waals surface area (Å²) in [4.78, 5) is 17.1. The summed E-state index contributed by atoms with van der Waals surface area (Å²) in [6.45, 7) is 9.07. The molecule has 0 saturated heterocycles. The molecule has 1 rings (SSSR count). The first-order valence-electron chi connectivity index (χ1n) is 8.02. The molecule has 1 aliphatic rings. The molecule has 2 N–H and O–H groups in total. The molecule has 3 unspecified atom stereocenters. The Bertz CT molecular complexity index is 294. The van der Waals surface area contributed by atoms with Gasteiger partial charge in [-0.05, 0) is 38.8 Å². The molecule has 1 saturated carbocycles. The molecule has 0 aliphatic heterocycles. The molecule has 1 amide bonds. The molecule has 20 heavy (non-hydrogen) atoms. The van der Waals surface area contributed by atoms with E-state index < -0.39 is 0 Å². The lowest BCUT2D eigenvalue weighted by atomic mass is 9.76. The van der Waals surface area contributed by atoms with Crippen molar-refractivity contribution in [3.63, 3.8) is 0 Å². The van der Waals surface area contributed by atoms with E-state index in [4.69, 9.17) is 5.73 Å². The Labute approximate surface area is 124 Å². The Morgan fingerprint density at radius 3 is 2.40 bits per heavy atom. The van der Waals surface area contributed by atoms with Crippen molar-refractivity contribution in [2.45, 2.75) is 46.1 Å². The van der Waals surface area contributed by atoms with Crippen LogP contribution in [0.1, 0.15) is 40.0 Å². The van der Waals surface area contributed by atoms with Gasteiger partial charge in [0, 0.05) is 25.7 Å². The summed E-state index contributed by atoms with van der Waals surface area (Å²) in [6.07, 6.45) is 3.28. The number of carbonyl (C=O) groups excluding carboxylic acids is 1. The standard InChI is InChI=1S/C16H33N3O/c1-12(2)11-19(10-9-18(4)5)16(20)15-13(3)7-6-8-14(15)17/h12-15H,6-11,17H2,1-5H3. The molecule has 4 heteroatoms. The number of rotatable bonds is 6. The van der Waals surface area contributed by atoms with Crippen LogP contribution in [0.25, 0.3) is 0 Å². The maximum atomic E-state index is 12.9. The van der Waals surface area contributed by atoms with Crippen LogP contribution in [0.3, 0.4) is 0 Å². The first-order chi connectivity index (χ1) is 9.32. The third-order valence-corrected chi connectivity index (χ3v) is 4.27. The second kappa shape index (κ2) is 7.99. The number of nitrogens with zero attached hydrogens (tertiary/aromatic N) is 2. The van der Waals surface area contributed by atoms with E-state index in [9.17, 15) is 4.79 Å². The van der Waals surface area contributed by atoms with Gasteiger partial charge in [0.05, 0.1) is 5.92 Å². The summed E-state index contributed by atoms with van der Waals surface area (Å²) in [5.41, 5.74) is 6.24. The van der Waals surface area contributed by atoms with E-state index in [-0.39, 0.29) is 17.9 Å². The topological polar surface area (TPSA) is 49.6 Å². The first-order valence-corrected chi connectivity index (χ1v) is 8.02. The Morgan fingerprint density at radius 2 is 1.90 bits per heavy atom. The van der Waals surface area contributed by atoms with Crippen LogP contribution < -0.4 is 5.73 Å². The van der Waals surface area contributed by atoms with Crippen LogP contribution in [0.2, 0.25) is 0 Å². The third kappa shape index (κ3) is 5.06. The van der Waals surface area contributed by atoms with Crippen molar-refractivity contribution in [2.75, 3.05) is 33.7 Å². The maximum absolute atomic E-state index is 12.9. The van der Waals surface area contributed by atoms with Gasteiger partial charge in [0.2, 0.25) is 5.91 Å². The lowest BCUT2D eigenvalue weighted by Crippen LogP contribution is -2.50. The van der Waals surface area contributed by atoms with Crippen molar-refractivity contribution in [1.82, 2.24) is 9.80 Å². The molecular formula is C16H33N3O. The molecule has 1 fully saturated rings. The molecule has 0 bridgehead atoms. The van der Waals surface area contributed by atoms with Gasteiger partial charge < -0.3 is 15.5 Å². The molecule has 3 atom stereocenters. The number of amides is 1. The summed E-state index contributed by atoms with van der Waals surface area (Å²) in [6, 6.07) is 0.0419. The average Bonchev–Trinajstić information content (AvgIpc) is 2.33. The highest BCUT2D eigenvalue weighted by Gasteiger charge is 2.36. The zero-order chi connectivity index (χ0) is 15.3. The van der Waals surface area contributed by atoms with Crippen LogP contribution in [0.5, 0.6) is 0 Å². The number of hydrogen-bond acceptors (Lipinski definition) is 3. The largest absolute Gasteiger partial charge is 0.341 e. The van der Waals surface area contributed by atoms with Crippen molar-refractivity contribution >= 4 is 5.91 Å². The minimum atomic E-state index is 0.0182. The zero-order valence-corrected chi connectivity index (χ0v) is 13.9. The Morgan fingerprint density at radius 1 is 1.25 bits per heavy atom. The highest BCUT2D eigenvalue weighted by Crippen LogP contribution is 2.30. The van der Waals surface area contributed by atoms with Gasteiger partial charge >= 0.3 is 0 Å². The molecule has 0 aromatic rings. The van der Waals surface area contributed by atoms with Crippen LogP contribution in [0, 0.1) is 17.8 Å². The highest BCUT2D eigenvalue weighted by molar-refractivity contribution is 5.80. The monoisotopic (exact) mass is 283 g/mol. The minimum absolute atomic E-state index is 0.0182. The normalized spacial score (nSPS) is 27.1. The fraction of sp³-hybridized carbons (Fsp3) is 0.938. The average molecular weight is 283 g/mol. The van der Waals surface area contributed by atoms with Crippen molar-refractivity contribution in [2.24, 2.45) is 23.5 Å². The molecule has 0 heterocycles. The van der Waals surface area contributed by atoms with E-state index in [0.717, 1.165) is 38.9 Å². The lowest BCUT2D eigenvalue weighted by Gasteiger charge is -2.37. The van der Waals surface area contributed by atoms with Gasteiger partial charge in [-0.25, -0.2) is 0 Å². The van der Waals surface area contributed by atoms with Crippen LogP contribution in [0.4, 0.5) is 0 Å². The Balaban J connectivity index is 2.74. The third-order valence-electron chi connectivity index (χ3n) is 4.27. The Hall–Kier alpha value is -0.610. The predicted molar refractivity (Wildman–Crippen MR) is 84.5 cm³/mol. The number of carbonyl (C=O) groups is 1. The molecule has 0 aromatic carbocycles. The molecule has 4 nitrogen and oxygen atoms in total. The van der Waals surface area contributed by atoms with Gasteiger partial charge in [-0.1, -0.05) is 27.2 Å². The number of hydrogen-bond donors (Lipinski definition) is 1. The summed E-state index contributed by atoms with van der Waals surface area (Å²) in [5.74, 6) is 1.21. The molecule has 1 aliphatic carbocycles. The van der Waals surface area contributed by atoms with E-state index in [2.05, 4.69) is 25.7 Å². The summed E-state index contributed by atoms with van der Waals surface area (Å²) >= 11 is 0. The van der Waals surface area contributed by atoms with Crippen LogP contribution in [-0.4, -0.2) is 55.5 Å². The quantitative estimate of drug-likeness (QED) is 0.808. The highest BCUT2D eigenvalue weighted by atomic mass is 16.2. The van der Waals surface area contributed by atoms with Crippen LogP contribution >= 0.6 is 0 Å². The second-order valence-electron chi connectivity index (χ2n) is 7.08. The van der Waals surface area contributed by atoms with E-state index >= 15 is 0 Å². The van der Waals surface area contributed by atoms with Gasteiger partial charge in [0.1, 0.15) is 0 Å². The molecule has 0 radical (unpaired) electrons. The predicted octanol–water partition coefficient (Wildman–Crippen LogP) is 1.80. The van der Waals surface area contributed by atoms with E-state index in [1.807, 2.05) is 19.0 Å². The van der Waals surface area contributed by atoms with Crippen molar-refractivity contribution in [3.8, 4) is 0 Å². The van der Waals surface area contributed by atoms with Crippen LogP contribution in [-0.2, 0) is 4.79 Å². The van der Waals surface area contributed by atoms with E-state index in [1.54, 1.807) is 0 Å². The van der Waals surface area contributed by atoms with Crippen molar-refractivity contribution < 1.29 is 4.79 Å².